The van der Waals surface area contributed by atoms with Gasteiger partial charge in [-0.2, -0.15) is 0 Å². The zero-order valence-electron chi connectivity index (χ0n) is 12.0. The summed E-state index contributed by atoms with van der Waals surface area (Å²) in [5, 5.41) is 2.95. The largest absolute Gasteiger partial charge is 0.486 e. The number of para-hydroxylation sites is 2. The number of hydrogen-bond donors (Lipinski definition) is 1. The molecule has 5 heteroatoms. The molecule has 1 aromatic carbocycles. The summed E-state index contributed by atoms with van der Waals surface area (Å²) < 4.78 is 16.7. The van der Waals surface area contributed by atoms with E-state index in [2.05, 4.69) is 5.32 Å². The van der Waals surface area contributed by atoms with Crippen molar-refractivity contribution in [2.45, 2.75) is 25.4 Å². The van der Waals surface area contributed by atoms with Gasteiger partial charge in [-0.05, 0) is 30.9 Å². The zero-order chi connectivity index (χ0) is 14.5. The quantitative estimate of drug-likeness (QED) is 0.918. The van der Waals surface area contributed by atoms with E-state index in [4.69, 9.17) is 14.2 Å². The minimum atomic E-state index is -0.126. The number of ether oxygens (including phenoxy) is 3. The first kappa shape index (κ1) is 14.2. The number of benzene rings is 1. The number of carbonyl (C=O) groups excluding carboxylic acids is 1. The number of rotatable bonds is 4. The Balaban J connectivity index is 1.42. The van der Waals surface area contributed by atoms with E-state index in [-0.39, 0.29) is 12.0 Å². The van der Waals surface area contributed by atoms with Crippen molar-refractivity contribution in [3.8, 4) is 11.5 Å². The average molecular weight is 291 g/mol. The lowest BCUT2D eigenvalue weighted by Crippen LogP contribution is -2.41. The maximum Gasteiger partial charge on any atom is 0.220 e. The molecule has 1 fully saturated rings. The maximum absolute atomic E-state index is 12.0. The van der Waals surface area contributed by atoms with Gasteiger partial charge in [-0.15, -0.1) is 0 Å². The molecule has 1 N–H and O–H groups in total. The minimum Gasteiger partial charge on any atom is -0.486 e. The number of hydrogen-bond acceptors (Lipinski definition) is 4. The molecule has 2 aliphatic heterocycles. The molecule has 3 rings (SSSR count). The summed E-state index contributed by atoms with van der Waals surface area (Å²) in [6.07, 6.45) is 2.40. The molecule has 1 aromatic rings. The Morgan fingerprint density at radius 3 is 2.76 bits per heavy atom. The molecule has 1 atom stereocenters. The fraction of sp³-hybridized carbons (Fsp3) is 0.562. The Hall–Kier alpha value is -1.75. The van der Waals surface area contributed by atoms with Gasteiger partial charge in [0.1, 0.15) is 12.7 Å². The summed E-state index contributed by atoms with van der Waals surface area (Å²) in [4.78, 5) is 12.0. The molecular formula is C16H21NO4. The minimum absolute atomic E-state index is 0.0874. The SMILES string of the molecule is O=C(CC1CCOCC1)NCC1COc2ccccc2O1. The Bertz CT molecular complexity index is 485. The predicted octanol–water partition coefficient (Wildman–Crippen LogP) is 1.76. The van der Waals surface area contributed by atoms with Gasteiger partial charge in [0.25, 0.3) is 0 Å². The number of nitrogens with one attached hydrogen (secondary N) is 1. The molecule has 0 saturated carbocycles. The molecule has 1 amide bonds. The Morgan fingerprint density at radius 1 is 1.19 bits per heavy atom. The number of fused-ring (bicyclic) bond motifs is 1. The molecule has 21 heavy (non-hydrogen) atoms. The van der Waals surface area contributed by atoms with Crippen molar-refractivity contribution >= 4 is 5.91 Å². The van der Waals surface area contributed by atoms with Crippen LogP contribution in [-0.2, 0) is 9.53 Å². The zero-order valence-corrected chi connectivity index (χ0v) is 12.0. The summed E-state index contributed by atoms with van der Waals surface area (Å²) in [5.74, 6) is 2.04. The van der Waals surface area contributed by atoms with Gasteiger partial charge in [0.15, 0.2) is 11.5 Å². The highest BCUT2D eigenvalue weighted by molar-refractivity contribution is 5.76. The van der Waals surface area contributed by atoms with Gasteiger partial charge >= 0.3 is 0 Å². The second-order valence-corrected chi connectivity index (χ2v) is 5.56. The highest BCUT2D eigenvalue weighted by Crippen LogP contribution is 2.30. The summed E-state index contributed by atoms with van der Waals surface area (Å²) in [5.41, 5.74) is 0. The van der Waals surface area contributed by atoms with Gasteiger partial charge in [-0.3, -0.25) is 4.79 Å². The fourth-order valence-corrected chi connectivity index (χ4v) is 2.68. The first-order chi connectivity index (χ1) is 10.3. The summed E-state index contributed by atoms with van der Waals surface area (Å²) in [6.45, 7) is 2.49. The lowest BCUT2D eigenvalue weighted by atomic mass is 9.96. The van der Waals surface area contributed by atoms with Crippen LogP contribution in [0.4, 0.5) is 0 Å². The van der Waals surface area contributed by atoms with E-state index in [0.29, 0.717) is 25.5 Å². The van der Waals surface area contributed by atoms with Crippen LogP contribution in [0.25, 0.3) is 0 Å². The van der Waals surface area contributed by atoms with Crippen LogP contribution in [0.3, 0.4) is 0 Å². The van der Waals surface area contributed by atoms with Gasteiger partial charge < -0.3 is 19.5 Å². The van der Waals surface area contributed by atoms with Crippen LogP contribution in [0.5, 0.6) is 11.5 Å². The van der Waals surface area contributed by atoms with Gasteiger partial charge in [0, 0.05) is 19.6 Å². The average Bonchev–Trinajstić information content (AvgIpc) is 2.54. The molecule has 0 bridgehead atoms. The van der Waals surface area contributed by atoms with E-state index in [1.54, 1.807) is 0 Å². The molecular weight excluding hydrogens is 270 g/mol. The number of carbonyl (C=O) groups is 1. The fourth-order valence-electron chi connectivity index (χ4n) is 2.68. The Kier molecular flexibility index (Phi) is 4.60. The number of amides is 1. The normalized spacial score (nSPS) is 21.8. The summed E-state index contributed by atoms with van der Waals surface area (Å²) in [7, 11) is 0. The Morgan fingerprint density at radius 2 is 1.95 bits per heavy atom. The summed E-state index contributed by atoms with van der Waals surface area (Å²) in [6, 6.07) is 7.59. The van der Waals surface area contributed by atoms with Crippen LogP contribution in [-0.4, -0.2) is 38.4 Å². The molecule has 0 spiro atoms. The van der Waals surface area contributed by atoms with Gasteiger partial charge in [0.05, 0.1) is 6.54 Å². The monoisotopic (exact) mass is 291 g/mol. The van der Waals surface area contributed by atoms with E-state index in [0.717, 1.165) is 37.6 Å². The second kappa shape index (κ2) is 6.80. The third-order valence-electron chi connectivity index (χ3n) is 3.91. The van der Waals surface area contributed by atoms with Gasteiger partial charge in [-0.1, -0.05) is 12.1 Å². The molecule has 1 saturated heterocycles. The third kappa shape index (κ3) is 3.88. The van der Waals surface area contributed by atoms with E-state index in [9.17, 15) is 4.79 Å². The van der Waals surface area contributed by atoms with Crippen molar-refractivity contribution in [3.05, 3.63) is 24.3 Å². The van der Waals surface area contributed by atoms with Crippen LogP contribution >= 0.6 is 0 Å². The molecule has 0 radical (unpaired) electrons. The van der Waals surface area contributed by atoms with Crippen molar-refractivity contribution in [2.75, 3.05) is 26.4 Å². The van der Waals surface area contributed by atoms with Crippen LogP contribution < -0.4 is 14.8 Å². The second-order valence-electron chi connectivity index (χ2n) is 5.56. The molecule has 2 aliphatic rings. The lowest BCUT2D eigenvalue weighted by Gasteiger charge is -2.27. The predicted molar refractivity (Wildman–Crippen MR) is 77.5 cm³/mol. The molecule has 5 nitrogen and oxygen atoms in total. The summed E-state index contributed by atoms with van der Waals surface area (Å²) >= 11 is 0. The molecule has 1 unspecified atom stereocenters. The van der Waals surface area contributed by atoms with Crippen LogP contribution in [0.15, 0.2) is 24.3 Å². The van der Waals surface area contributed by atoms with Crippen molar-refractivity contribution < 1.29 is 19.0 Å². The Labute approximate surface area is 124 Å². The van der Waals surface area contributed by atoms with Gasteiger partial charge in [-0.25, -0.2) is 0 Å². The van der Waals surface area contributed by atoms with E-state index >= 15 is 0 Å². The van der Waals surface area contributed by atoms with E-state index in [1.807, 2.05) is 24.3 Å². The molecule has 2 heterocycles. The topological polar surface area (TPSA) is 56.8 Å². The van der Waals surface area contributed by atoms with Crippen molar-refractivity contribution in [1.29, 1.82) is 0 Å². The maximum atomic E-state index is 12.0. The van der Waals surface area contributed by atoms with Gasteiger partial charge in [0.2, 0.25) is 5.91 Å². The van der Waals surface area contributed by atoms with Crippen LogP contribution in [0.2, 0.25) is 0 Å². The molecule has 0 aliphatic carbocycles. The smallest absolute Gasteiger partial charge is 0.220 e. The van der Waals surface area contributed by atoms with Crippen LogP contribution in [0.1, 0.15) is 19.3 Å². The highest BCUT2D eigenvalue weighted by atomic mass is 16.6. The third-order valence-corrected chi connectivity index (χ3v) is 3.91. The van der Waals surface area contributed by atoms with Crippen LogP contribution in [0, 0.1) is 5.92 Å². The standard InChI is InChI=1S/C16H21NO4/c18-16(9-12-5-7-19-8-6-12)17-10-13-11-20-14-3-1-2-4-15(14)21-13/h1-4,12-13H,5-11H2,(H,17,18). The van der Waals surface area contributed by atoms with Crippen molar-refractivity contribution in [3.63, 3.8) is 0 Å². The highest BCUT2D eigenvalue weighted by Gasteiger charge is 2.22. The molecule has 114 valence electrons. The lowest BCUT2D eigenvalue weighted by molar-refractivity contribution is -0.123. The van der Waals surface area contributed by atoms with Crippen molar-refractivity contribution in [1.82, 2.24) is 5.32 Å². The first-order valence-corrected chi connectivity index (χ1v) is 7.54. The van der Waals surface area contributed by atoms with E-state index < -0.39 is 0 Å². The van der Waals surface area contributed by atoms with Crippen molar-refractivity contribution in [2.24, 2.45) is 5.92 Å². The van der Waals surface area contributed by atoms with E-state index in [1.165, 1.54) is 0 Å². The molecule has 0 aromatic heterocycles. The first-order valence-electron chi connectivity index (χ1n) is 7.54.